The van der Waals surface area contributed by atoms with Crippen LogP contribution in [0.25, 0.3) is 0 Å². The summed E-state index contributed by atoms with van der Waals surface area (Å²) in [7, 11) is 1.77. The summed E-state index contributed by atoms with van der Waals surface area (Å²) >= 11 is 0. The van der Waals surface area contributed by atoms with Gasteiger partial charge in [0.15, 0.2) is 0 Å². The van der Waals surface area contributed by atoms with E-state index in [0.717, 1.165) is 5.56 Å². The molecule has 102 valence electrons. The van der Waals surface area contributed by atoms with Crippen LogP contribution in [0.2, 0.25) is 0 Å². The van der Waals surface area contributed by atoms with Gasteiger partial charge in [0.1, 0.15) is 12.4 Å². The lowest BCUT2D eigenvalue weighted by atomic mass is 10.1. The minimum absolute atomic E-state index is 0.0454. The van der Waals surface area contributed by atoms with Crippen LogP contribution in [0, 0.1) is 0 Å². The first-order valence-electron chi connectivity index (χ1n) is 5.83. The summed E-state index contributed by atoms with van der Waals surface area (Å²) in [6.07, 6.45) is -2.71. The minimum Gasteiger partial charge on any atom is -0.348 e. The zero-order valence-corrected chi connectivity index (χ0v) is 10.8. The molecule has 1 heterocycles. The standard InChI is InChI=1S/C12H18F3N3/c1-4-18(8-12(13,14)15)11-10(9(2)16-3)6-5-7-17-11/h5-7,9,16H,4,8H2,1-3H3. The number of hydrogen-bond donors (Lipinski definition) is 1. The Hall–Kier alpha value is -1.30. The highest BCUT2D eigenvalue weighted by Gasteiger charge is 2.31. The zero-order chi connectivity index (χ0) is 13.8. The van der Waals surface area contributed by atoms with Crippen molar-refractivity contribution in [3.05, 3.63) is 23.9 Å². The lowest BCUT2D eigenvalue weighted by molar-refractivity contribution is -0.119. The molecule has 0 amide bonds. The van der Waals surface area contributed by atoms with E-state index in [1.807, 2.05) is 6.92 Å². The fourth-order valence-electron chi connectivity index (χ4n) is 1.72. The van der Waals surface area contributed by atoms with Crippen molar-refractivity contribution in [2.75, 3.05) is 25.0 Å². The first-order chi connectivity index (χ1) is 8.39. The molecule has 1 aromatic heterocycles. The van der Waals surface area contributed by atoms with E-state index in [1.165, 1.54) is 11.1 Å². The van der Waals surface area contributed by atoms with Crippen molar-refractivity contribution >= 4 is 5.82 Å². The molecular weight excluding hydrogens is 243 g/mol. The van der Waals surface area contributed by atoms with Gasteiger partial charge in [-0.25, -0.2) is 4.98 Å². The highest BCUT2D eigenvalue weighted by atomic mass is 19.4. The molecule has 0 fully saturated rings. The minimum atomic E-state index is -4.23. The Labute approximate surface area is 105 Å². The number of anilines is 1. The number of nitrogens with one attached hydrogen (secondary N) is 1. The Morgan fingerprint density at radius 1 is 1.44 bits per heavy atom. The predicted molar refractivity (Wildman–Crippen MR) is 65.7 cm³/mol. The molecule has 0 aliphatic heterocycles. The van der Waals surface area contributed by atoms with Crippen molar-refractivity contribution in [2.24, 2.45) is 0 Å². The van der Waals surface area contributed by atoms with Gasteiger partial charge in [0.25, 0.3) is 0 Å². The summed E-state index contributed by atoms with van der Waals surface area (Å²) in [5, 5.41) is 3.02. The Balaban J connectivity index is 3.05. The average Bonchev–Trinajstić information content (AvgIpc) is 2.34. The summed E-state index contributed by atoms with van der Waals surface area (Å²) < 4.78 is 37.5. The maximum absolute atomic E-state index is 12.5. The van der Waals surface area contributed by atoms with Crippen LogP contribution in [-0.4, -0.2) is 31.3 Å². The smallest absolute Gasteiger partial charge is 0.348 e. The largest absolute Gasteiger partial charge is 0.405 e. The van der Waals surface area contributed by atoms with E-state index in [4.69, 9.17) is 0 Å². The molecule has 3 nitrogen and oxygen atoms in total. The van der Waals surface area contributed by atoms with Crippen LogP contribution in [-0.2, 0) is 0 Å². The number of aromatic nitrogens is 1. The Kier molecular flexibility index (Phi) is 4.95. The Morgan fingerprint density at radius 3 is 2.61 bits per heavy atom. The molecule has 1 atom stereocenters. The monoisotopic (exact) mass is 261 g/mol. The van der Waals surface area contributed by atoms with E-state index in [1.54, 1.807) is 26.1 Å². The first-order valence-corrected chi connectivity index (χ1v) is 5.83. The van der Waals surface area contributed by atoms with Gasteiger partial charge in [0.05, 0.1) is 0 Å². The van der Waals surface area contributed by atoms with Crippen molar-refractivity contribution in [3.8, 4) is 0 Å². The SMILES string of the molecule is CCN(CC(F)(F)F)c1ncccc1C(C)NC. The molecule has 1 unspecified atom stereocenters. The van der Waals surface area contributed by atoms with E-state index in [-0.39, 0.29) is 12.6 Å². The number of halogens is 3. The predicted octanol–water partition coefficient (Wildman–Crippen LogP) is 2.75. The van der Waals surface area contributed by atoms with Gasteiger partial charge in [-0.1, -0.05) is 6.07 Å². The lowest BCUT2D eigenvalue weighted by Gasteiger charge is -2.27. The van der Waals surface area contributed by atoms with Crippen LogP contribution in [0.5, 0.6) is 0 Å². The fraction of sp³-hybridized carbons (Fsp3) is 0.583. The third kappa shape index (κ3) is 3.87. The third-order valence-corrected chi connectivity index (χ3v) is 2.77. The summed E-state index contributed by atoms with van der Waals surface area (Å²) in [4.78, 5) is 5.33. The molecule has 1 rings (SSSR count). The molecule has 0 spiro atoms. The van der Waals surface area contributed by atoms with Gasteiger partial charge in [-0.15, -0.1) is 0 Å². The van der Waals surface area contributed by atoms with Crippen LogP contribution in [0.4, 0.5) is 19.0 Å². The van der Waals surface area contributed by atoms with E-state index in [9.17, 15) is 13.2 Å². The van der Waals surface area contributed by atoms with Crippen molar-refractivity contribution < 1.29 is 13.2 Å². The number of hydrogen-bond acceptors (Lipinski definition) is 3. The number of pyridine rings is 1. The zero-order valence-electron chi connectivity index (χ0n) is 10.8. The first kappa shape index (κ1) is 14.8. The maximum Gasteiger partial charge on any atom is 0.405 e. The van der Waals surface area contributed by atoms with Crippen molar-refractivity contribution in [3.63, 3.8) is 0 Å². The molecule has 1 N–H and O–H groups in total. The molecule has 18 heavy (non-hydrogen) atoms. The number of rotatable bonds is 5. The molecule has 0 saturated carbocycles. The molecule has 6 heteroatoms. The maximum atomic E-state index is 12.5. The second kappa shape index (κ2) is 6.04. The Morgan fingerprint density at radius 2 is 2.11 bits per heavy atom. The molecule has 0 saturated heterocycles. The van der Waals surface area contributed by atoms with Crippen molar-refractivity contribution in [1.29, 1.82) is 0 Å². The van der Waals surface area contributed by atoms with Crippen molar-refractivity contribution in [1.82, 2.24) is 10.3 Å². The highest BCUT2D eigenvalue weighted by molar-refractivity contribution is 5.48. The summed E-state index contributed by atoms with van der Waals surface area (Å²) in [6, 6.07) is 3.48. The van der Waals surface area contributed by atoms with Gasteiger partial charge in [-0.2, -0.15) is 13.2 Å². The second-order valence-corrected chi connectivity index (χ2v) is 4.06. The van der Waals surface area contributed by atoms with Gasteiger partial charge in [0, 0.05) is 24.3 Å². The number of alkyl halides is 3. The Bertz CT molecular complexity index is 379. The molecule has 0 aliphatic rings. The summed E-state index contributed by atoms with van der Waals surface area (Å²) in [5.41, 5.74) is 0.770. The average molecular weight is 261 g/mol. The fourth-order valence-corrected chi connectivity index (χ4v) is 1.72. The highest BCUT2D eigenvalue weighted by Crippen LogP contribution is 2.26. The van der Waals surface area contributed by atoms with Crippen molar-refractivity contribution in [2.45, 2.75) is 26.1 Å². The third-order valence-electron chi connectivity index (χ3n) is 2.77. The molecule has 1 aromatic rings. The molecule has 0 bridgehead atoms. The summed E-state index contributed by atoms with van der Waals surface area (Å²) in [5.74, 6) is 0.388. The van der Waals surface area contributed by atoms with Gasteiger partial charge < -0.3 is 10.2 Å². The van der Waals surface area contributed by atoms with Crippen LogP contribution in [0.15, 0.2) is 18.3 Å². The summed E-state index contributed by atoms with van der Waals surface area (Å²) in [6.45, 7) is 2.86. The molecule has 0 aliphatic carbocycles. The van der Waals surface area contributed by atoms with Crippen LogP contribution >= 0.6 is 0 Å². The van der Waals surface area contributed by atoms with E-state index in [2.05, 4.69) is 10.3 Å². The lowest BCUT2D eigenvalue weighted by Crippen LogP contribution is -2.35. The van der Waals surface area contributed by atoms with Gasteiger partial charge in [-0.05, 0) is 27.0 Å². The van der Waals surface area contributed by atoms with Crippen LogP contribution in [0.3, 0.4) is 0 Å². The van der Waals surface area contributed by atoms with E-state index < -0.39 is 12.7 Å². The molecular formula is C12H18F3N3. The van der Waals surface area contributed by atoms with Gasteiger partial charge >= 0.3 is 6.18 Å². The van der Waals surface area contributed by atoms with E-state index in [0.29, 0.717) is 5.82 Å². The van der Waals surface area contributed by atoms with Gasteiger partial charge in [-0.3, -0.25) is 0 Å². The quantitative estimate of drug-likeness (QED) is 0.883. The second-order valence-electron chi connectivity index (χ2n) is 4.06. The topological polar surface area (TPSA) is 28.2 Å². The molecule has 0 radical (unpaired) electrons. The number of nitrogens with zero attached hydrogens (tertiary/aromatic N) is 2. The van der Waals surface area contributed by atoms with Crippen LogP contribution < -0.4 is 10.2 Å². The van der Waals surface area contributed by atoms with E-state index >= 15 is 0 Å². The molecule has 0 aromatic carbocycles. The normalized spacial score (nSPS) is 13.4. The van der Waals surface area contributed by atoms with Crippen LogP contribution in [0.1, 0.15) is 25.5 Å². The van der Waals surface area contributed by atoms with Gasteiger partial charge in [0.2, 0.25) is 0 Å².